The van der Waals surface area contributed by atoms with Crippen LogP contribution in [0.5, 0.6) is 0 Å². The molecule has 0 radical (unpaired) electrons. The van der Waals surface area contributed by atoms with Gasteiger partial charge in [0.25, 0.3) is 0 Å². The fourth-order valence-corrected chi connectivity index (χ4v) is 6.63. The van der Waals surface area contributed by atoms with Crippen LogP contribution in [-0.2, 0) is 28.6 Å². The van der Waals surface area contributed by atoms with Gasteiger partial charge >= 0.3 is 17.9 Å². The maximum Gasteiger partial charge on any atom is 0.306 e. The van der Waals surface area contributed by atoms with Crippen LogP contribution in [0.2, 0.25) is 0 Å². The average Bonchev–Trinajstić information content (AvgIpc) is 3.18. The van der Waals surface area contributed by atoms with E-state index in [1.807, 2.05) is 0 Å². The van der Waals surface area contributed by atoms with Crippen LogP contribution in [-0.4, -0.2) is 37.2 Å². The first-order valence-electron chi connectivity index (χ1n) is 23.5. The van der Waals surface area contributed by atoms with Crippen molar-refractivity contribution in [1.82, 2.24) is 0 Å². The van der Waals surface area contributed by atoms with Crippen LogP contribution in [0.25, 0.3) is 0 Å². The third-order valence-electron chi connectivity index (χ3n) is 10.2. The number of hydrogen-bond acceptors (Lipinski definition) is 6. The van der Waals surface area contributed by atoms with Crippen LogP contribution in [0, 0.1) is 0 Å². The van der Waals surface area contributed by atoms with Crippen molar-refractivity contribution < 1.29 is 28.6 Å². The first-order valence-corrected chi connectivity index (χ1v) is 23.5. The highest BCUT2D eigenvalue weighted by molar-refractivity contribution is 5.71. The Labute approximate surface area is 340 Å². The molecule has 0 spiro atoms. The molecular formula is C49H88O6. The van der Waals surface area contributed by atoms with Gasteiger partial charge in [0.2, 0.25) is 0 Å². The Balaban J connectivity index is 4.23. The Bertz CT molecular complexity index is 938. The molecule has 0 bridgehead atoms. The monoisotopic (exact) mass is 773 g/mol. The van der Waals surface area contributed by atoms with Crippen LogP contribution < -0.4 is 0 Å². The number of unbranched alkanes of at least 4 members (excludes halogenated alkanes) is 25. The van der Waals surface area contributed by atoms with E-state index in [9.17, 15) is 14.4 Å². The average molecular weight is 773 g/mol. The fourth-order valence-electron chi connectivity index (χ4n) is 6.63. The van der Waals surface area contributed by atoms with Crippen molar-refractivity contribution in [3.8, 4) is 0 Å². The van der Waals surface area contributed by atoms with E-state index in [1.54, 1.807) is 0 Å². The quantitative estimate of drug-likeness (QED) is 0.0266. The van der Waals surface area contributed by atoms with Crippen LogP contribution in [0.15, 0.2) is 36.5 Å². The normalized spacial score (nSPS) is 12.3. The van der Waals surface area contributed by atoms with Crippen molar-refractivity contribution in [2.75, 3.05) is 13.2 Å². The van der Waals surface area contributed by atoms with E-state index < -0.39 is 6.10 Å². The second-order valence-corrected chi connectivity index (χ2v) is 15.6. The molecule has 6 nitrogen and oxygen atoms in total. The van der Waals surface area contributed by atoms with E-state index in [1.165, 1.54) is 122 Å². The Morgan fingerprint density at radius 3 is 1.11 bits per heavy atom. The van der Waals surface area contributed by atoms with Gasteiger partial charge in [0, 0.05) is 19.3 Å². The topological polar surface area (TPSA) is 78.9 Å². The fraction of sp³-hybridized carbons (Fsp3) is 0.816. The molecule has 0 aromatic rings. The number of esters is 3. The van der Waals surface area contributed by atoms with Crippen molar-refractivity contribution in [2.24, 2.45) is 0 Å². The van der Waals surface area contributed by atoms with Crippen LogP contribution in [0.1, 0.15) is 239 Å². The highest BCUT2D eigenvalue weighted by atomic mass is 16.6. The predicted molar refractivity (Wildman–Crippen MR) is 233 cm³/mol. The summed E-state index contributed by atoms with van der Waals surface area (Å²) in [5.74, 6) is -0.877. The molecule has 320 valence electrons. The van der Waals surface area contributed by atoms with Gasteiger partial charge in [-0.15, -0.1) is 0 Å². The Morgan fingerprint density at radius 1 is 0.382 bits per heavy atom. The highest BCUT2D eigenvalue weighted by Gasteiger charge is 2.19. The van der Waals surface area contributed by atoms with Crippen molar-refractivity contribution >= 4 is 17.9 Å². The second kappa shape index (κ2) is 44.3. The lowest BCUT2D eigenvalue weighted by atomic mass is 10.1. The van der Waals surface area contributed by atoms with Crippen molar-refractivity contribution in [3.05, 3.63) is 36.5 Å². The smallest absolute Gasteiger partial charge is 0.306 e. The number of carbonyl (C=O) groups excluding carboxylic acids is 3. The molecule has 0 N–H and O–H groups in total. The van der Waals surface area contributed by atoms with Gasteiger partial charge in [-0.2, -0.15) is 0 Å². The van der Waals surface area contributed by atoms with Crippen LogP contribution >= 0.6 is 0 Å². The van der Waals surface area contributed by atoms with E-state index in [0.29, 0.717) is 19.3 Å². The molecule has 0 saturated heterocycles. The van der Waals surface area contributed by atoms with E-state index in [-0.39, 0.29) is 31.1 Å². The third-order valence-corrected chi connectivity index (χ3v) is 10.2. The largest absolute Gasteiger partial charge is 0.462 e. The molecule has 0 aliphatic rings. The lowest BCUT2D eigenvalue weighted by Gasteiger charge is -2.18. The number of ether oxygens (including phenoxy) is 3. The molecule has 0 saturated carbocycles. The molecule has 0 aliphatic carbocycles. The Hall–Kier alpha value is -2.37. The molecule has 55 heavy (non-hydrogen) atoms. The van der Waals surface area contributed by atoms with Crippen molar-refractivity contribution in [1.29, 1.82) is 0 Å². The first kappa shape index (κ1) is 52.6. The van der Waals surface area contributed by atoms with Gasteiger partial charge in [-0.1, -0.05) is 205 Å². The van der Waals surface area contributed by atoms with E-state index in [4.69, 9.17) is 14.2 Å². The summed E-state index contributed by atoms with van der Waals surface area (Å²) in [4.78, 5) is 37.6. The zero-order valence-corrected chi connectivity index (χ0v) is 36.4. The first-order chi connectivity index (χ1) is 27.0. The van der Waals surface area contributed by atoms with E-state index in [0.717, 1.165) is 77.0 Å². The minimum Gasteiger partial charge on any atom is -0.462 e. The summed E-state index contributed by atoms with van der Waals surface area (Å²) in [6.07, 6.45) is 49.9. The summed E-state index contributed by atoms with van der Waals surface area (Å²) in [6, 6.07) is 0. The predicted octanol–water partition coefficient (Wildman–Crippen LogP) is 15.0. The summed E-state index contributed by atoms with van der Waals surface area (Å²) < 4.78 is 16.7. The molecule has 0 aliphatic heterocycles. The Kier molecular flexibility index (Phi) is 42.4. The Morgan fingerprint density at radius 2 is 0.709 bits per heavy atom. The molecule has 1 atom stereocenters. The van der Waals surface area contributed by atoms with Gasteiger partial charge in [-0.3, -0.25) is 14.4 Å². The van der Waals surface area contributed by atoms with Gasteiger partial charge in [0.15, 0.2) is 6.10 Å². The number of hydrogen-bond donors (Lipinski definition) is 0. The number of allylic oxidation sites excluding steroid dienone is 6. The summed E-state index contributed by atoms with van der Waals surface area (Å²) >= 11 is 0. The summed E-state index contributed by atoms with van der Waals surface area (Å²) in [6.45, 7) is 6.49. The molecule has 0 aromatic carbocycles. The van der Waals surface area contributed by atoms with Crippen LogP contribution in [0.3, 0.4) is 0 Å². The molecule has 0 rings (SSSR count). The zero-order chi connectivity index (χ0) is 40.1. The maximum absolute atomic E-state index is 12.7. The van der Waals surface area contributed by atoms with Gasteiger partial charge in [0.1, 0.15) is 13.2 Å². The molecule has 6 heteroatoms. The van der Waals surface area contributed by atoms with Gasteiger partial charge < -0.3 is 14.2 Å². The molecular weight excluding hydrogens is 685 g/mol. The molecule has 0 amide bonds. The second-order valence-electron chi connectivity index (χ2n) is 15.6. The van der Waals surface area contributed by atoms with Gasteiger partial charge in [-0.05, 0) is 51.4 Å². The number of rotatable bonds is 42. The summed E-state index contributed by atoms with van der Waals surface area (Å²) in [7, 11) is 0. The SMILES string of the molecule is CC/C=C\C/C=C\C/C=C\CCCCCCCCCCCC(=O)OCC(COC(=O)CCCCCCCCCCC)OC(=O)CCCCCCCCCCC. The lowest BCUT2D eigenvalue weighted by Crippen LogP contribution is -2.30. The summed E-state index contributed by atoms with van der Waals surface area (Å²) in [5, 5.41) is 0. The lowest BCUT2D eigenvalue weighted by molar-refractivity contribution is -0.167. The van der Waals surface area contributed by atoms with Gasteiger partial charge in [0.05, 0.1) is 0 Å². The summed E-state index contributed by atoms with van der Waals surface area (Å²) in [5.41, 5.74) is 0. The van der Waals surface area contributed by atoms with Crippen molar-refractivity contribution in [2.45, 2.75) is 245 Å². The standard InChI is InChI=1S/C49H88O6/c1-4-7-10-13-16-19-20-21-22-23-24-25-26-27-28-31-33-36-39-42-48(51)54-45-46(55-49(52)43-40-37-34-30-18-15-12-9-6-3)44-53-47(50)41-38-35-32-29-17-14-11-8-5-2/h7,10,16,19,21-22,46H,4-6,8-9,11-15,17-18,20,23-45H2,1-3H3/b10-7-,19-16-,22-21-. The molecule has 1 unspecified atom stereocenters. The highest BCUT2D eigenvalue weighted by Crippen LogP contribution is 2.15. The molecule has 0 heterocycles. The van der Waals surface area contributed by atoms with Crippen molar-refractivity contribution in [3.63, 3.8) is 0 Å². The zero-order valence-electron chi connectivity index (χ0n) is 36.4. The molecule has 0 fully saturated rings. The third kappa shape index (κ3) is 42.6. The van der Waals surface area contributed by atoms with E-state index in [2.05, 4.69) is 57.2 Å². The van der Waals surface area contributed by atoms with Crippen LogP contribution in [0.4, 0.5) is 0 Å². The van der Waals surface area contributed by atoms with E-state index >= 15 is 0 Å². The number of carbonyl (C=O) groups is 3. The minimum absolute atomic E-state index is 0.0707. The van der Waals surface area contributed by atoms with Gasteiger partial charge in [-0.25, -0.2) is 0 Å². The maximum atomic E-state index is 12.7. The minimum atomic E-state index is -0.766. The molecule has 0 aromatic heterocycles.